The van der Waals surface area contributed by atoms with Gasteiger partial charge in [-0.2, -0.15) is 0 Å². The number of piperazine rings is 1. The highest BCUT2D eigenvalue weighted by Gasteiger charge is 2.24. The monoisotopic (exact) mass is 271 g/mol. The third-order valence-electron chi connectivity index (χ3n) is 3.68. The molecule has 1 aliphatic rings. The number of pyridine rings is 1. The van der Waals surface area contributed by atoms with Gasteiger partial charge in [0.15, 0.2) is 0 Å². The zero-order valence-corrected chi connectivity index (χ0v) is 11.3. The van der Waals surface area contributed by atoms with Crippen LogP contribution in [-0.4, -0.2) is 29.5 Å². The lowest BCUT2D eigenvalue weighted by molar-refractivity contribution is 0.151. The molecule has 2 aromatic rings. The zero-order valence-electron chi connectivity index (χ0n) is 11.3. The standard InChI is InChI=1S/C16H18FN3/c17-14-5-3-4-13(10-14)16-11-18-8-9-20(16)12-15-6-1-2-7-19-15/h1-7,10,16,18H,8-9,11-12H2. The van der Waals surface area contributed by atoms with Crippen LogP contribution >= 0.6 is 0 Å². The van der Waals surface area contributed by atoms with Crippen molar-refractivity contribution in [2.45, 2.75) is 12.6 Å². The van der Waals surface area contributed by atoms with E-state index in [0.29, 0.717) is 0 Å². The molecular weight excluding hydrogens is 253 g/mol. The Labute approximate surface area is 118 Å². The number of benzene rings is 1. The molecule has 0 saturated carbocycles. The Bertz CT molecular complexity index is 559. The van der Waals surface area contributed by atoms with E-state index in [2.05, 4.69) is 15.2 Å². The lowest BCUT2D eigenvalue weighted by Crippen LogP contribution is -2.45. The third-order valence-corrected chi connectivity index (χ3v) is 3.68. The fourth-order valence-corrected chi connectivity index (χ4v) is 2.68. The van der Waals surface area contributed by atoms with Gasteiger partial charge in [-0.25, -0.2) is 4.39 Å². The normalized spacial score (nSPS) is 19.9. The van der Waals surface area contributed by atoms with E-state index in [0.717, 1.165) is 37.4 Å². The SMILES string of the molecule is Fc1cccc(C2CNCCN2Cc2ccccn2)c1. The summed E-state index contributed by atoms with van der Waals surface area (Å²) in [7, 11) is 0. The molecule has 1 aromatic heterocycles. The average molecular weight is 271 g/mol. The molecule has 1 atom stereocenters. The Hall–Kier alpha value is -1.78. The summed E-state index contributed by atoms with van der Waals surface area (Å²) in [5, 5.41) is 3.38. The smallest absolute Gasteiger partial charge is 0.123 e. The summed E-state index contributed by atoms with van der Waals surface area (Å²) in [5.74, 6) is -0.175. The van der Waals surface area contributed by atoms with Crippen molar-refractivity contribution in [1.29, 1.82) is 0 Å². The van der Waals surface area contributed by atoms with E-state index < -0.39 is 0 Å². The van der Waals surface area contributed by atoms with Crippen LogP contribution in [-0.2, 0) is 6.54 Å². The first-order valence-electron chi connectivity index (χ1n) is 6.93. The Morgan fingerprint density at radius 2 is 2.20 bits per heavy atom. The number of halogens is 1. The van der Waals surface area contributed by atoms with E-state index in [9.17, 15) is 4.39 Å². The van der Waals surface area contributed by atoms with E-state index in [1.165, 1.54) is 6.07 Å². The van der Waals surface area contributed by atoms with Crippen molar-refractivity contribution in [2.75, 3.05) is 19.6 Å². The number of nitrogens with zero attached hydrogens (tertiary/aromatic N) is 2. The molecule has 0 spiro atoms. The van der Waals surface area contributed by atoms with Crippen molar-refractivity contribution in [1.82, 2.24) is 15.2 Å². The van der Waals surface area contributed by atoms with Crippen molar-refractivity contribution in [3.8, 4) is 0 Å². The molecule has 4 heteroatoms. The summed E-state index contributed by atoms with van der Waals surface area (Å²) < 4.78 is 13.4. The largest absolute Gasteiger partial charge is 0.314 e. The summed E-state index contributed by atoms with van der Waals surface area (Å²) in [4.78, 5) is 6.74. The molecular formula is C16H18FN3. The highest BCUT2D eigenvalue weighted by atomic mass is 19.1. The molecule has 0 amide bonds. The molecule has 0 aliphatic carbocycles. The minimum absolute atomic E-state index is 0.175. The van der Waals surface area contributed by atoms with Gasteiger partial charge in [0.1, 0.15) is 5.82 Å². The van der Waals surface area contributed by atoms with Crippen molar-refractivity contribution in [3.63, 3.8) is 0 Å². The highest BCUT2D eigenvalue weighted by molar-refractivity contribution is 5.21. The van der Waals surface area contributed by atoms with Gasteiger partial charge in [-0.3, -0.25) is 9.88 Å². The molecule has 104 valence electrons. The van der Waals surface area contributed by atoms with Crippen molar-refractivity contribution < 1.29 is 4.39 Å². The fraction of sp³-hybridized carbons (Fsp3) is 0.312. The van der Waals surface area contributed by atoms with Crippen LogP contribution in [0.4, 0.5) is 4.39 Å². The first-order chi connectivity index (χ1) is 9.83. The van der Waals surface area contributed by atoms with Gasteiger partial charge in [0, 0.05) is 38.4 Å². The van der Waals surface area contributed by atoms with E-state index in [-0.39, 0.29) is 11.9 Å². The second kappa shape index (κ2) is 6.11. The summed E-state index contributed by atoms with van der Waals surface area (Å²) in [6.45, 7) is 3.54. The molecule has 20 heavy (non-hydrogen) atoms. The lowest BCUT2D eigenvalue weighted by atomic mass is 10.0. The molecule has 1 fully saturated rings. The highest BCUT2D eigenvalue weighted by Crippen LogP contribution is 2.24. The number of hydrogen-bond donors (Lipinski definition) is 1. The van der Waals surface area contributed by atoms with Gasteiger partial charge in [-0.15, -0.1) is 0 Å². The Morgan fingerprint density at radius 1 is 1.25 bits per heavy atom. The summed E-state index contributed by atoms with van der Waals surface area (Å²) in [5.41, 5.74) is 2.07. The molecule has 0 radical (unpaired) electrons. The van der Waals surface area contributed by atoms with Gasteiger partial charge in [0.05, 0.1) is 5.69 Å². The van der Waals surface area contributed by atoms with Gasteiger partial charge in [-0.1, -0.05) is 18.2 Å². The predicted octanol–water partition coefficient (Wildman–Crippen LogP) is 2.37. The van der Waals surface area contributed by atoms with Crippen LogP contribution in [0.3, 0.4) is 0 Å². The topological polar surface area (TPSA) is 28.2 Å². The summed E-state index contributed by atoms with van der Waals surface area (Å²) in [6, 6.07) is 13.0. The van der Waals surface area contributed by atoms with E-state index in [1.54, 1.807) is 12.1 Å². The Morgan fingerprint density at radius 3 is 3.00 bits per heavy atom. The van der Waals surface area contributed by atoms with Crippen LogP contribution in [0.25, 0.3) is 0 Å². The van der Waals surface area contributed by atoms with Crippen LogP contribution in [0.5, 0.6) is 0 Å². The summed E-state index contributed by atoms with van der Waals surface area (Å²) in [6.07, 6.45) is 1.81. The van der Waals surface area contributed by atoms with Crippen molar-refractivity contribution in [2.24, 2.45) is 0 Å². The van der Waals surface area contributed by atoms with Gasteiger partial charge >= 0.3 is 0 Å². The van der Waals surface area contributed by atoms with E-state index in [1.807, 2.05) is 30.5 Å². The fourth-order valence-electron chi connectivity index (χ4n) is 2.68. The maximum absolute atomic E-state index is 13.4. The van der Waals surface area contributed by atoms with Crippen LogP contribution in [0, 0.1) is 5.82 Å². The lowest BCUT2D eigenvalue weighted by Gasteiger charge is -2.36. The predicted molar refractivity (Wildman–Crippen MR) is 76.7 cm³/mol. The maximum Gasteiger partial charge on any atom is 0.123 e. The minimum atomic E-state index is -0.175. The molecule has 1 aliphatic heterocycles. The summed E-state index contributed by atoms with van der Waals surface area (Å²) >= 11 is 0. The Balaban J connectivity index is 1.80. The second-order valence-corrected chi connectivity index (χ2v) is 5.07. The number of aromatic nitrogens is 1. The maximum atomic E-state index is 13.4. The van der Waals surface area contributed by atoms with Crippen LogP contribution in [0.15, 0.2) is 48.7 Å². The van der Waals surface area contributed by atoms with Crippen LogP contribution < -0.4 is 5.32 Å². The van der Waals surface area contributed by atoms with Gasteiger partial charge in [0.25, 0.3) is 0 Å². The van der Waals surface area contributed by atoms with Gasteiger partial charge in [0.2, 0.25) is 0 Å². The molecule has 0 bridgehead atoms. The zero-order chi connectivity index (χ0) is 13.8. The molecule has 1 unspecified atom stereocenters. The minimum Gasteiger partial charge on any atom is -0.314 e. The third kappa shape index (κ3) is 3.03. The van der Waals surface area contributed by atoms with Gasteiger partial charge in [-0.05, 0) is 29.8 Å². The van der Waals surface area contributed by atoms with Crippen LogP contribution in [0.1, 0.15) is 17.3 Å². The molecule has 2 heterocycles. The molecule has 1 saturated heterocycles. The number of hydrogen-bond acceptors (Lipinski definition) is 3. The second-order valence-electron chi connectivity index (χ2n) is 5.07. The average Bonchev–Trinajstić information content (AvgIpc) is 2.49. The Kier molecular flexibility index (Phi) is 4.04. The first-order valence-corrected chi connectivity index (χ1v) is 6.93. The molecule has 1 aromatic carbocycles. The van der Waals surface area contributed by atoms with E-state index in [4.69, 9.17) is 0 Å². The number of nitrogens with one attached hydrogen (secondary N) is 1. The first kappa shape index (κ1) is 13.2. The number of rotatable bonds is 3. The van der Waals surface area contributed by atoms with Gasteiger partial charge < -0.3 is 5.32 Å². The molecule has 3 rings (SSSR count). The van der Waals surface area contributed by atoms with Crippen molar-refractivity contribution in [3.05, 3.63) is 65.7 Å². The van der Waals surface area contributed by atoms with Crippen LogP contribution in [0.2, 0.25) is 0 Å². The quantitative estimate of drug-likeness (QED) is 0.929. The molecule has 1 N–H and O–H groups in total. The van der Waals surface area contributed by atoms with E-state index >= 15 is 0 Å². The van der Waals surface area contributed by atoms with Crippen molar-refractivity contribution >= 4 is 0 Å². The molecule has 3 nitrogen and oxygen atoms in total.